The highest BCUT2D eigenvalue weighted by molar-refractivity contribution is 7.14. The van der Waals surface area contributed by atoms with Crippen LogP contribution in [0.1, 0.15) is 25.7 Å². The van der Waals surface area contributed by atoms with Crippen molar-refractivity contribution in [2.75, 3.05) is 0 Å². The topological polar surface area (TPSA) is 46.5 Å². The van der Waals surface area contributed by atoms with Gasteiger partial charge >= 0.3 is 12.1 Å². The van der Waals surface area contributed by atoms with Gasteiger partial charge in [-0.15, -0.1) is 11.3 Å². The van der Waals surface area contributed by atoms with Crippen molar-refractivity contribution in [2.45, 2.75) is 19.7 Å². The van der Waals surface area contributed by atoms with Crippen molar-refractivity contribution in [1.82, 2.24) is 0 Å². The highest BCUT2D eigenvalue weighted by atomic mass is 32.1. The Morgan fingerprint density at radius 3 is 2.67 bits per heavy atom. The zero-order chi connectivity index (χ0) is 15.6. The molecule has 1 aromatic carbocycles. The summed E-state index contributed by atoms with van der Waals surface area (Å²) in [6.07, 6.45) is -4.42. The van der Waals surface area contributed by atoms with Crippen molar-refractivity contribution in [3.05, 3.63) is 51.2 Å². The van der Waals surface area contributed by atoms with Crippen LogP contribution in [0, 0.1) is 6.92 Å². The number of aromatic carboxylic acids is 1. The van der Waals surface area contributed by atoms with Crippen molar-refractivity contribution >= 4 is 17.3 Å². The van der Waals surface area contributed by atoms with Gasteiger partial charge < -0.3 is 9.84 Å². The number of alkyl halides is 3. The summed E-state index contributed by atoms with van der Waals surface area (Å²) in [5, 5.41) is 9.01. The first kappa shape index (κ1) is 15.4. The molecular weight excluding hydrogens is 305 g/mol. The predicted molar refractivity (Wildman–Crippen MR) is 71.8 cm³/mol. The van der Waals surface area contributed by atoms with Crippen LogP contribution >= 0.6 is 11.3 Å². The van der Waals surface area contributed by atoms with E-state index in [1.54, 1.807) is 13.0 Å². The normalized spacial score (nSPS) is 11.4. The molecule has 0 aliphatic carbocycles. The van der Waals surface area contributed by atoms with Crippen LogP contribution in [0.3, 0.4) is 0 Å². The van der Waals surface area contributed by atoms with Crippen LogP contribution in [0.4, 0.5) is 13.2 Å². The van der Waals surface area contributed by atoms with Gasteiger partial charge in [-0.05, 0) is 30.7 Å². The van der Waals surface area contributed by atoms with Crippen LogP contribution in [-0.4, -0.2) is 11.1 Å². The van der Waals surface area contributed by atoms with Crippen molar-refractivity contribution in [1.29, 1.82) is 0 Å². The molecule has 0 spiro atoms. The molecule has 0 fully saturated rings. The predicted octanol–water partition coefficient (Wildman–Crippen LogP) is 4.35. The number of halogens is 3. The number of carboxylic acids is 1. The fourth-order valence-corrected chi connectivity index (χ4v) is 2.54. The van der Waals surface area contributed by atoms with E-state index in [-0.39, 0.29) is 17.2 Å². The molecule has 0 aliphatic heterocycles. The maximum absolute atomic E-state index is 12.6. The van der Waals surface area contributed by atoms with Crippen molar-refractivity contribution in [3.8, 4) is 5.75 Å². The SMILES string of the molecule is Cc1cc(OCc2cccc(C(F)(F)F)c2)c(C(=O)O)s1. The van der Waals surface area contributed by atoms with E-state index in [4.69, 9.17) is 9.84 Å². The summed E-state index contributed by atoms with van der Waals surface area (Å²) in [6.45, 7) is 1.61. The second kappa shape index (κ2) is 5.77. The second-order valence-corrected chi connectivity index (χ2v) is 5.60. The van der Waals surface area contributed by atoms with Gasteiger partial charge in [0.25, 0.3) is 0 Å². The lowest BCUT2D eigenvalue weighted by Gasteiger charge is -2.09. The van der Waals surface area contributed by atoms with Gasteiger partial charge in [-0.25, -0.2) is 4.79 Å². The van der Waals surface area contributed by atoms with E-state index in [9.17, 15) is 18.0 Å². The summed E-state index contributed by atoms with van der Waals surface area (Å²) in [4.78, 5) is 11.8. The molecule has 0 bridgehead atoms. The summed E-state index contributed by atoms with van der Waals surface area (Å²) < 4.78 is 43.1. The molecule has 1 heterocycles. The van der Waals surface area contributed by atoms with Crippen LogP contribution in [0.5, 0.6) is 5.75 Å². The van der Waals surface area contributed by atoms with E-state index < -0.39 is 17.7 Å². The highest BCUT2D eigenvalue weighted by Gasteiger charge is 2.30. The van der Waals surface area contributed by atoms with E-state index in [0.29, 0.717) is 5.56 Å². The standard InChI is InChI=1S/C14H11F3O3S/c1-8-5-11(12(21-8)13(18)19)20-7-9-3-2-4-10(6-9)14(15,16)17/h2-6H,7H2,1H3,(H,18,19). The summed E-state index contributed by atoms with van der Waals surface area (Å²) in [5.41, 5.74) is -0.437. The minimum Gasteiger partial charge on any atom is -0.487 e. The highest BCUT2D eigenvalue weighted by Crippen LogP contribution is 2.31. The van der Waals surface area contributed by atoms with Crippen molar-refractivity contribution in [3.63, 3.8) is 0 Å². The first-order valence-corrected chi connectivity index (χ1v) is 6.71. The molecule has 0 radical (unpaired) electrons. The second-order valence-electron chi connectivity index (χ2n) is 4.34. The Balaban J connectivity index is 2.15. The molecule has 21 heavy (non-hydrogen) atoms. The molecule has 0 amide bonds. The number of benzene rings is 1. The van der Waals surface area contributed by atoms with Gasteiger partial charge in [-0.1, -0.05) is 12.1 Å². The minimum absolute atomic E-state index is 0.0412. The van der Waals surface area contributed by atoms with Crippen LogP contribution in [0.25, 0.3) is 0 Å². The number of hydrogen-bond acceptors (Lipinski definition) is 3. The number of carbonyl (C=O) groups is 1. The van der Waals surface area contributed by atoms with Crippen LogP contribution < -0.4 is 4.74 Å². The molecule has 7 heteroatoms. The number of ether oxygens (including phenoxy) is 1. The largest absolute Gasteiger partial charge is 0.487 e. The zero-order valence-corrected chi connectivity index (χ0v) is 11.7. The smallest absolute Gasteiger partial charge is 0.416 e. The van der Waals surface area contributed by atoms with E-state index >= 15 is 0 Å². The van der Waals surface area contributed by atoms with Gasteiger partial charge in [-0.3, -0.25) is 0 Å². The zero-order valence-electron chi connectivity index (χ0n) is 10.9. The average molecular weight is 316 g/mol. The lowest BCUT2D eigenvalue weighted by atomic mass is 10.1. The Hall–Kier alpha value is -2.02. The Kier molecular flexibility index (Phi) is 4.22. The third-order valence-corrected chi connectivity index (χ3v) is 3.68. The molecule has 3 nitrogen and oxygen atoms in total. The van der Waals surface area contributed by atoms with Crippen LogP contribution in [0.15, 0.2) is 30.3 Å². The summed E-state index contributed by atoms with van der Waals surface area (Å²) >= 11 is 1.06. The molecule has 2 rings (SSSR count). The average Bonchev–Trinajstić information content (AvgIpc) is 2.77. The summed E-state index contributed by atoms with van der Waals surface area (Å²) in [7, 11) is 0. The summed E-state index contributed by atoms with van der Waals surface area (Å²) in [5.74, 6) is -0.949. The molecular formula is C14H11F3O3S. The quantitative estimate of drug-likeness (QED) is 0.912. The van der Waals surface area contributed by atoms with Gasteiger partial charge in [0, 0.05) is 4.88 Å². The Morgan fingerprint density at radius 2 is 2.05 bits per heavy atom. The van der Waals surface area contributed by atoms with Crippen LogP contribution in [0.2, 0.25) is 0 Å². The number of carboxylic acid groups (broad SMARTS) is 1. The first-order chi connectivity index (χ1) is 9.77. The van der Waals surface area contributed by atoms with Crippen molar-refractivity contribution < 1.29 is 27.8 Å². The molecule has 1 N–H and O–H groups in total. The van der Waals surface area contributed by atoms with Gasteiger partial charge in [-0.2, -0.15) is 13.2 Å². The fourth-order valence-electron chi connectivity index (χ4n) is 1.75. The fraction of sp³-hybridized carbons (Fsp3) is 0.214. The first-order valence-electron chi connectivity index (χ1n) is 5.90. The molecule has 0 atom stereocenters. The van der Waals surface area contributed by atoms with Gasteiger partial charge in [0.15, 0.2) is 4.88 Å². The van der Waals surface area contributed by atoms with Gasteiger partial charge in [0.2, 0.25) is 0 Å². The molecule has 0 unspecified atom stereocenters. The van der Waals surface area contributed by atoms with Crippen molar-refractivity contribution in [2.24, 2.45) is 0 Å². The number of hydrogen-bond donors (Lipinski definition) is 1. The van der Waals surface area contributed by atoms with Gasteiger partial charge in [0.1, 0.15) is 12.4 Å². The number of thiophene rings is 1. The van der Waals surface area contributed by atoms with E-state index in [0.717, 1.165) is 28.3 Å². The Labute approximate surface area is 122 Å². The number of rotatable bonds is 4. The van der Waals surface area contributed by atoms with Gasteiger partial charge in [0.05, 0.1) is 5.56 Å². The minimum atomic E-state index is -4.42. The molecule has 0 saturated carbocycles. The Bertz CT molecular complexity index is 662. The maximum atomic E-state index is 12.6. The molecule has 2 aromatic rings. The third kappa shape index (κ3) is 3.75. The number of aryl methyl sites for hydroxylation is 1. The lowest BCUT2D eigenvalue weighted by molar-refractivity contribution is -0.137. The maximum Gasteiger partial charge on any atom is 0.416 e. The van der Waals surface area contributed by atoms with E-state index in [2.05, 4.69) is 0 Å². The van der Waals surface area contributed by atoms with E-state index in [1.807, 2.05) is 0 Å². The Morgan fingerprint density at radius 1 is 1.33 bits per heavy atom. The molecule has 0 saturated heterocycles. The molecule has 0 aliphatic rings. The van der Waals surface area contributed by atoms with E-state index in [1.165, 1.54) is 12.1 Å². The lowest BCUT2D eigenvalue weighted by Crippen LogP contribution is -2.06. The molecule has 1 aromatic heterocycles. The summed E-state index contributed by atoms with van der Waals surface area (Å²) in [6, 6.07) is 6.30. The van der Waals surface area contributed by atoms with Crippen LogP contribution in [-0.2, 0) is 12.8 Å². The third-order valence-electron chi connectivity index (χ3n) is 2.66. The monoisotopic (exact) mass is 316 g/mol. The molecule has 112 valence electrons.